The summed E-state index contributed by atoms with van der Waals surface area (Å²) in [6.45, 7) is 4.80. The first kappa shape index (κ1) is 25.3. The van der Waals surface area contributed by atoms with Gasteiger partial charge in [0.2, 0.25) is 5.91 Å². The van der Waals surface area contributed by atoms with Crippen molar-refractivity contribution in [3.05, 3.63) is 112 Å². The van der Waals surface area contributed by atoms with Crippen molar-refractivity contribution >= 4 is 17.5 Å². The van der Waals surface area contributed by atoms with E-state index >= 15 is 0 Å². The minimum atomic E-state index is 0.0298. The number of nitriles is 1. The minimum Gasteiger partial charge on any atom is -0.356 e. The highest BCUT2D eigenvalue weighted by molar-refractivity contribution is 6.30. The number of aryl methyl sites for hydroxylation is 3. The molecule has 4 rings (SSSR count). The van der Waals surface area contributed by atoms with Crippen molar-refractivity contribution < 1.29 is 4.79 Å². The number of carbonyl (C=O) groups excluding carboxylic acids is 1. The molecule has 0 bridgehead atoms. The normalized spacial score (nSPS) is 10.7. The monoisotopic (exact) mass is 495 g/mol. The van der Waals surface area contributed by atoms with Crippen LogP contribution in [0.15, 0.2) is 78.9 Å². The second-order valence-corrected chi connectivity index (χ2v) is 9.53. The third-order valence-corrected chi connectivity index (χ3v) is 6.57. The highest BCUT2D eigenvalue weighted by Gasteiger charge is 2.15. The maximum absolute atomic E-state index is 12.6. The van der Waals surface area contributed by atoms with Gasteiger partial charge in [-0.1, -0.05) is 59.6 Å². The van der Waals surface area contributed by atoms with Crippen LogP contribution in [0.2, 0.25) is 5.02 Å². The predicted octanol–water partition coefficient (Wildman–Crippen LogP) is 6.77. The van der Waals surface area contributed by atoms with Crippen molar-refractivity contribution in [3.8, 4) is 23.0 Å². The Morgan fingerprint density at radius 3 is 2.47 bits per heavy atom. The molecular formula is C31H30ClN3O. The quantitative estimate of drug-likeness (QED) is 0.278. The van der Waals surface area contributed by atoms with E-state index in [1.165, 1.54) is 16.7 Å². The summed E-state index contributed by atoms with van der Waals surface area (Å²) in [6.07, 6.45) is 2.15. The molecule has 0 saturated carbocycles. The Hall–Kier alpha value is -3.81. The molecule has 3 aromatic carbocycles. The van der Waals surface area contributed by atoms with Crippen molar-refractivity contribution in [2.45, 2.75) is 39.5 Å². The zero-order chi connectivity index (χ0) is 25.5. The number of hydrogen-bond donors (Lipinski definition) is 1. The fraction of sp³-hybridized carbons (Fsp3) is 0.226. The highest BCUT2D eigenvalue weighted by atomic mass is 35.5. The number of aromatic nitrogens is 1. The van der Waals surface area contributed by atoms with Crippen molar-refractivity contribution in [1.82, 2.24) is 9.88 Å². The molecule has 1 amide bonds. The van der Waals surface area contributed by atoms with Crippen LogP contribution in [0.5, 0.6) is 0 Å². The summed E-state index contributed by atoms with van der Waals surface area (Å²) in [6, 6.07) is 28.7. The predicted molar refractivity (Wildman–Crippen MR) is 146 cm³/mol. The summed E-state index contributed by atoms with van der Waals surface area (Å²) in [7, 11) is 0. The van der Waals surface area contributed by atoms with Crippen LogP contribution < -0.4 is 5.32 Å². The Kier molecular flexibility index (Phi) is 8.25. The molecule has 0 fully saturated rings. The molecule has 0 saturated heterocycles. The Labute approximate surface area is 218 Å². The fourth-order valence-electron chi connectivity index (χ4n) is 4.51. The number of amides is 1. The van der Waals surface area contributed by atoms with E-state index in [1.807, 2.05) is 48.5 Å². The van der Waals surface area contributed by atoms with Crippen LogP contribution >= 0.6 is 11.6 Å². The molecule has 0 radical (unpaired) electrons. The zero-order valence-corrected chi connectivity index (χ0v) is 21.5. The third kappa shape index (κ3) is 6.24. The van der Waals surface area contributed by atoms with E-state index in [2.05, 4.69) is 60.1 Å². The van der Waals surface area contributed by atoms with Crippen molar-refractivity contribution in [2.24, 2.45) is 0 Å². The van der Waals surface area contributed by atoms with E-state index in [0.717, 1.165) is 34.6 Å². The van der Waals surface area contributed by atoms with E-state index in [1.54, 1.807) is 0 Å². The van der Waals surface area contributed by atoms with Gasteiger partial charge in [0.1, 0.15) is 0 Å². The van der Waals surface area contributed by atoms with Gasteiger partial charge < -0.3 is 9.88 Å². The van der Waals surface area contributed by atoms with E-state index in [-0.39, 0.29) is 5.91 Å². The Balaban J connectivity index is 1.52. The molecule has 0 unspecified atom stereocenters. The first-order valence-electron chi connectivity index (χ1n) is 12.2. The minimum absolute atomic E-state index is 0.0298. The first-order chi connectivity index (χ1) is 17.4. The molecule has 0 spiro atoms. The zero-order valence-electron chi connectivity index (χ0n) is 20.7. The maximum Gasteiger partial charge on any atom is 0.220 e. The van der Waals surface area contributed by atoms with Gasteiger partial charge in [-0.15, -0.1) is 0 Å². The summed E-state index contributed by atoms with van der Waals surface area (Å²) in [4.78, 5) is 12.6. The molecule has 0 aliphatic carbocycles. The van der Waals surface area contributed by atoms with Gasteiger partial charge in [0.25, 0.3) is 0 Å². The molecule has 1 heterocycles. The van der Waals surface area contributed by atoms with E-state index in [0.29, 0.717) is 30.8 Å². The molecule has 0 aliphatic rings. The number of benzene rings is 3. The SMILES string of the molecule is Cc1ccc(-c2ccc(CCC(=O)NCCc3cccc(Cl)c3)n2-c2ccc(CC#N)cc2)c(C)c1. The van der Waals surface area contributed by atoms with Gasteiger partial charge >= 0.3 is 0 Å². The molecule has 36 heavy (non-hydrogen) atoms. The maximum atomic E-state index is 12.6. The van der Waals surface area contributed by atoms with Gasteiger partial charge in [-0.2, -0.15) is 5.26 Å². The summed E-state index contributed by atoms with van der Waals surface area (Å²) in [5.74, 6) is 0.0298. The molecule has 5 heteroatoms. The van der Waals surface area contributed by atoms with Crippen LogP contribution in [0.1, 0.15) is 34.4 Å². The summed E-state index contributed by atoms with van der Waals surface area (Å²) in [5.41, 5.74) is 8.88. The van der Waals surface area contributed by atoms with Gasteiger partial charge in [0.15, 0.2) is 0 Å². The average Bonchev–Trinajstić information content (AvgIpc) is 3.27. The molecular weight excluding hydrogens is 466 g/mol. The van der Waals surface area contributed by atoms with Gasteiger partial charge in [-0.25, -0.2) is 0 Å². The molecule has 4 aromatic rings. The number of halogens is 1. The lowest BCUT2D eigenvalue weighted by Crippen LogP contribution is -2.26. The largest absolute Gasteiger partial charge is 0.356 e. The van der Waals surface area contributed by atoms with Gasteiger partial charge in [-0.05, 0) is 79.8 Å². The number of hydrogen-bond acceptors (Lipinski definition) is 2. The van der Waals surface area contributed by atoms with Crippen LogP contribution in [-0.4, -0.2) is 17.0 Å². The van der Waals surface area contributed by atoms with Crippen molar-refractivity contribution in [3.63, 3.8) is 0 Å². The van der Waals surface area contributed by atoms with Crippen LogP contribution in [0.25, 0.3) is 16.9 Å². The average molecular weight is 496 g/mol. The van der Waals surface area contributed by atoms with Crippen LogP contribution in [0.3, 0.4) is 0 Å². The van der Waals surface area contributed by atoms with Gasteiger partial charge in [-0.3, -0.25) is 4.79 Å². The lowest BCUT2D eigenvalue weighted by molar-refractivity contribution is -0.121. The molecule has 0 atom stereocenters. The number of nitrogens with zero attached hydrogens (tertiary/aromatic N) is 2. The Bertz CT molecular complexity index is 1400. The lowest BCUT2D eigenvalue weighted by Gasteiger charge is -2.16. The van der Waals surface area contributed by atoms with Crippen LogP contribution in [0.4, 0.5) is 0 Å². The van der Waals surface area contributed by atoms with Gasteiger partial charge in [0, 0.05) is 34.9 Å². The topological polar surface area (TPSA) is 57.8 Å². The number of rotatable bonds is 9. The number of carbonyl (C=O) groups is 1. The second kappa shape index (κ2) is 11.7. The lowest BCUT2D eigenvalue weighted by atomic mass is 10.0. The highest BCUT2D eigenvalue weighted by Crippen LogP contribution is 2.30. The first-order valence-corrected chi connectivity index (χ1v) is 12.6. The van der Waals surface area contributed by atoms with E-state index < -0.39 is 0 Å². The summed E-state index contributed by atoms with van der Waals surface area (Å²) < 4.78 is 2.23. The summed E-state index contributed by atoms with van der Waals surface area (Å²) >= 11 is 6.05. The molecule has 1 N–H and O–H groups in total. The standard InChI is InChI=1S/C31H30ClN3O/c1-22-6-13-29(23(2)20-22)30-14-11-28(35(30)27-9-7-24(8-10-27)16-18-33)12-15-31(36)34-19-17-25-4-3-5-26(32)21-25/h3-11,13-14,20-21H,12,15-17,19H2,1-2H3,(H,34,36). The molecule has 0 aliphatic heterocycles. The van der Waals surface area contributed by atoms with Crippen LogP contribution in [0, 0.1) is 25.2 Å². The third-order valence-electron chi connectivity index (χ3n) is 6.33. The van der Waals surface area contributed by atoms with Gasteiger partial charge in [0.05, 0.1) is 18.2 Å². The fourth-order valence-corrected chi connectivity index (χ4v) is 4.73. The Morgan fingerprint density at radius 1 is 0.944 bits per heavy atom. The van der Waals surface area contributed by atoms with Crippen molar-refractivity contribution in [1.29, 1.82) is 5.26 Å². The van der Waals surface area contributed by atoms with Crippen LogP contribution in [-0.2, 0) is 24.1 Å². The molecule has 182 valence electrons. The Morgan fingerprint density at radius 2 is 1.75 bits per heavy atom. The van der Waals surface area contributed by atoms with E-state index in [4.69, 9.17) is 16.9 Å². The second-order valence-electron chi connectivity index (χ2n) is 9.09. The number of nitrogens with one attached hydrogen (secondary N) is 1. The molecule has 1 aromatic heterocycles. The van der Waals surface area contributed by atoms with E-state index in [9.17, 15) is 4.79 Å². The molecule has 4 nitrogen and oxygen atoms in total. The van der Waals surface area contributed by atoms with Crippen molar-refractivity contribution in [2.75, 3.05) is 6.54 Å². The smallest absolute Gasteiger partial charge is 0.220 e. The summed E-state index contributed by atoms with van der Waals surface area (Å²) in [5, 5.41) is 12.8.